The monoisotopic (exact) mass is 295 g/mol. The van der Waals surface area contributed by atoms with Crippen LogP contribution >= 0.6 is 11.3 Å². The van der Waals surface area contributed by atoms with Gasteiger partial charge in [-0.05, 0) is 37.2 Å². The molecular weight excluding hydrogens is 278 g/mol. The Balaban J connectivity index is 2.08. The molecule has 0 saturated heterocycles. The number of thiazole rings is 1. The first-order valence-electron chi connectivity index (χ1n) is 6.90. The molecule has 1 N–H and O–H groups in total. The van der Waals surface area contributed by atoms with Crippen molar-refractivity contribution in [1.82, 2.24) is 15.3 Å². The zero-order chi connectivity index (χ0) is 14.7. The van der Waals surface area contributed by atoms with Gasteiger partial charge in [0, 0.05) is 12.7 Å². The Kier molecular flexibility index (Phi) is 4.08. The number of hydrogen-bond acceptors (Lipinski definition) is 4. The molecule has 3 rings (SSSR count). The molecule has 0 aliphatic heterocycles. The molecule has 0 fully saturated rings. The molecule has 0 amide bonds. The molecule has 21 heavy (non-hydrogen) atoms. The second-order valence-electron chi connectivity index (χ2n) is 4.91. The van der Waals surface area contributed by atoms with Crippen molar-refractivity contribution in [3.05, 3.63) is 59.9 Å². The van der Waals surface area contributed by atoms with Gasteiger partial charge in [0.2, 0.25) is 0 Å². The SMILES string of the molecule is CNCc1nc(-c2cc(C)ccn2)sc1-c1ccccc1. The van der Waals surface area contributed by atoms with E-state index in [1.165, 1.54) is 16.0 Å². The Morgan fingerprint density at radius 1 is 1.14 bits per heavy atom. The minimum atomic E-state index is 0.756. The number of rotatable bonds is 4. The van der Waals surface area contributed by atoms with E-state index < -0.39 is 0 Å². The third kappa shape index (κ3) is 3.01. The summed E-state index contributed by atoms with van der Waals surface area (Å²) >= 11 is 1.70. The largest absolute Gasteiger partial charge is 0.314 e. The number of nitrogens with zero attached hydrogens (tertiary/aromatic N) is 2. The van der Waals surface area contributed by atoms with Crippen LogP contribution in [0, 0.1) is 6.92 Å². The minimum Gasteiger partial charge on any atom is -0.314 e. The molecular formula is C17H17N3S. The molecule has 1 aromatic carbocycles. The van der Waals surface area contributed by atoms with Crippen molar-refractivity contribution in [2.45, 2.75) is 13.5 Å². The van der Waals surface area contributed by atoms with Crippen LogP contribution in [0.3, 0.4) is 0 Å². The van der Waals surface area contributed by atoms with Gasteiger partial charge in [-0.1, -0.05) is 30.3 Å². The fourth-order valence-corrected chi connectivity index (χ4v) is 3.27. The predicted octanol–water partition coefficient (Wildman–Crippen LogP) is 3.90. The number of nitrogens with one attached hydrogen (secondary N) is 1. The third-order valence-corrected chi connectivity index (χ3v) is 4.38. The minimum absolute atomic E-state index is 0.756. The molecule has 3 aromatic rings. The Bertz CT molecular complexity index is 735. The van der Waals surface area contributed by atoms with Crippen LogP contribution in [0.15, 0.2) is 48.7 Å². The van der Waals surface area contributed by atoms with E-state index in [4.69, 9.17) is 4.98 Å². The van der Waals surface area contributed by atoms with Crippen molar-refractivity contribution >= 4 is 11.3 Å². The smallest absolute Gasteiger partial charge is 0.142 e. The lowest BCUT2D eigenvalue weighted by Crippen LogP contribution is -2.06. The average Bonchev–Trinajstić information content (AvgIpc) is 2.93. The lowest BCUT2D eigenvalue weighted by molar-refractivity contribution is 0.799. The van der Waals surface area contributed by atoms with Crippen LogP contribution in [-0.2, 0) is 6.54 Å². The molecule has 0 aliphatic carbocycles. The maximum atomic E-state index is 4.78. The summed E-state index contributed by atoms with van der Waals surface area (Å²) in [6, 6.07) is 14.5. The fraction of sp³-hybridized carbons (Fsp3) is 0.176. The Morgan fingerprint density at radius 2 is 1.95 bits per heavy atom. The van der Waals surface area contributed by atoms with Crippen molar-refractivity contribution in [3.63, 3.8) is 0 Å². The summed E-state index contributed by atoms with van der Waals surface area (Å²) in [6.07, 6.45) is 1.84. The van der Waals surface area contributed by atoms with Gasteiger partial charge in [0.05, 0.1) is 16.3 Å². The van der Waals surface area contributed by atoms with Crippen molar-refractivity contribution in [2.75, 3.05) is 7.05 Å². The first-order chi connectivity index (χ1) is 10.3. The number of benzene rings is 1. The number of aromatic nitrogens is 2. The van der Waals surface area contributed by atoms with Gasteiger partial charge in [0.15, 0.2) is 0 Å². The lowest BCUT2D eigenvalue weighted by atomic mass is 10.1. The van der Waals surface area contributed by atoms with E-state index in [9.17, 15) is 0 Å². The van der Waals surface area contributed by atoms with E-state index in [0.717, 1.165) is 22.9 Å². The highest BCUT2D eigenvalue weighted by molar-refractivity contribution is 7.18. The summed E-state index contributed by atoms with van der Waals surface area (Å²) in [4.78, 5) is 10.4. The first kappa shape index (κ1) is 13.9. The molecule has 0 radical (unpaired) electrons. The third-order valence-electron chi connectivity index (χ3n) is 3.21. The van der Waals surface area contributed by atoms with E-state index in [1.54, 1.807) is 11.3 Å². The topological polar surface area (TPSA) is 37.8 Å². The summed E-state index contributed by atoms with van der Waals surface area (Å²) in [5, 5.41) is 4.17. The molecule has 0 unspecified atom stereocenters. The summed E-state index contributed by atoms with van der Waals surface area (Å²) in [5.41, 5.74) is 4.43. The standard InChI is InChI=1S/C17H17N3S/c1-12-8-9-19-14(10-12)17-20-15(11-18-2)16(21-17)13-6-4-3-5-7-13/h3-10,18H,11H2,1-2H3. The molecule has 0 saturated carbocycles. The van der Waals surface area contributed by atoms with E-state index >= 15 is 0 Å². The number of pyridine rings is 1. The maximum Gasteiger partial charge on any atom is 0.142 e. The van der Waals surface area contributed by atoms with Crippen molar-refractivity contribution in [1.29, 1.82) is 0 Å². The van der Waals surface area contributed by atoms with Gasteiger partial charge in [-0.25, -0.2) is 4.98 Å². The second kappa shape index (κ2) is 6.16. The summed E-state index contributed by atoms with van der Waals surface area (Å²) in [6.45, 7) is 2.83. The molecule has 3 nitrogen and oxygen atoms in total. The molecule has 106 valence electrons. The Labute approximate surface area is 128 Å². The van der Waals surface area contributed by atoms with Crippen molar-refractivity contribution in [3.8, 4) is 21.1 Å². The van der Waals surface area contributed by atoms with Gasteiger partial charge in [0.1, 0.15) is 5.01 Å². The molecule has 2 heterocycles. The fourth-order valence-electron chi connectivity index (χ4n) is 2.22. The number of hydrogen-bond donors (Lipinski definition) is 1. The molecule has 0 bridgehead atoms. The van der Waals surface area contributed by atoms with Crippen LogP contribution in [-0.4, -0.2) is 17.0 Å². The molecule has 0 atom stereocenters. The highest BCUT2D eigenvalue weighted by Crippen LogP contribution is 2.34. The van der Waals surface area contributed by atoms with Gasteiger partial charge >= 0.3 is 0 Å². The van der Waals surface area contributed by atoms with Gasteiger partial charge < -0.3 is 5.32 Å². The van der Waals surface area contributed by atoms with Crippen LogP contribution in [0.5, 0.6) is 0 Å². The van der Waals surface area contributed by atoms with E-state index in [-0.39, 0.29) is 0 Å². The molecule has 0 spiro atoms. The molecule has 2 aromatic heterocycles. The number of aryl methyl sites for hydroxylation is 1. The Hall–Kier alpha value is -2.04. The van der Waals surface area contributed by atoms with Crippen LogP contribution in [0.1, 0.15) is 11.3 Å². The normalized spacial score (nSPS) is 10.8. The van der Waals surface area contributed by atoms with Gasteiger partial charge in [-0.3, -0.25) is 4.98 Å². The zero-order valence-electron chi connectivity index (χ0n) is 12.1. The lowest BCUT2D eigenvalue weighted by Gasteiger charge is -2.00. The highest BCUT2D eigenvalue weighted by Gasteiger charge is 2.14. The van der Waals surface area contributed by atoms with E-state index in [0.29, 0.717) is 0 Å². The zero-order valence-corrected chi connectivity index (χ0v) is 12.9. The quantitative estimate of drug-likeness (QED) is 0.793. The van der Waals surface area contributed by atoms with Crippen molar-refractivity contribution in [2.24, 2.45) is 0 Å². The average molecular weight is 295 g/mol. The summed E-state index contributed by atoms with van der Waals surface area (Å²) in [7, 11) is 1.94. The maximum absolute atomic E-state index is 4.78. The first-order valence-corrected chi connectivity index (χ1v) is 7.72. The van der Waals surface area contributed by atoms with Gasteiger partial charge in [0.25, 0.3) is 0 Å². The van der Waals surface area contributed by atoms with Crippen LogP contribution in [0.25, 0.3) is 21.1 Å². The highest BCUT2D eigenvalue weighted by atomic mass is 32.1. The van der Waals surface area contributed by atoms with Crippen LogP contribution in [0.4, 0.5) is 0 Å². The second-order valence-corrected chi connectivity index (χ2v) is 5.91. The van der Waals surface area contributed by atoms with Gasteiger partial charge in [-0.15, -0.1) is 11.3 Å². The molecule has 4 heteroatoms. The predicted molar refractivity (Wildman–Crippen MR) is 88.3 cm³/mol. The molecule has 0 aliphatic rings. The summed E-state index contributed by atoms with van der Waals surface area (Å²) < 4.78 is 0. The van der Waals surface area contributed by atoms with E-state index in [1.807, 2.05) is 25.4 Å². The summed E-state index contributed by atoms with van der Waals surface area (Å²) in [5.74, 6) is 0. The van der Waals surface area contributed by atoms with E-state index in [2.05, 4.69) is 47.6 Å². The van der Waals surface area contributed by atoms with Crippen LogP contribution < -0.4 is 5.32 Å². The van der Waals surface area contributed by atoms with Gasteiger partial charge in [-0.2, -0.15) is 0 Å². The van der Waals surface area contributed by atoms with Crippen LogP contribution in [0.2, 0.25) is 0 Å². The Morgan fingerprint density at radius 3 is 2.67 bits per heavy atom. The van der Waals surface area contributed by atoms with Crippen molar-refractivity contribution < 1.29 is 0 Å².